The lowest BCUT2D eigenvalue weighted by molar-refractivity contribution is -0.350. The van der Waals surface area contributed by atoms with Crippen LogP contribution in [0, 0.1) is 11.3 Å². The predicted molar refractivity (Wildman–Crippen MR) is 101 cm³/mol. The van der Waals surface area contributed by atoms with Gasteiger partial charge >= 0.3 is 6.09 Å². The van der Waals surface area contributed by atoms with Crippen molar-refractivity contribution in [2.75, 3.05) is 18.6 Å². The van der Waals surface area contributed by atoms with Crippen LogP contribution < -0.4 is 4.90 Å². The Labute approximate surface area is 172 Å². The molecule has 8 heteroatoms. The Hall–Kier alpha value is -2.00. The number of amides is 1. The first kappa shape index (κ1) is 16.7. The van der Waals surface area contributed by atoms with Crippen molar-refractivity contribution in [3.05, 3.63) is 29.8 Å². The van der Waals surface area contributed by atoms with Crippen LogP contribution in [-0.2, 0) is 19.7 Å². The molecule has 3 spiro atoms. The number of benzene rings is 1. The van der Waals surface area contributed by atoms with Crippen LogP contribution in [0.3, 0.4) is 0 Å². The van der Waals surface area contributed by atoms with Gasteiger partial charge < -0.3 is 19.7 Å². The molecular weight excluding hydrogens is 388 g/mol. The number of hydrogen-bond donors (Lipinski definition) is 2. The van der Waals surface area contributed by atoms with Gasteiger partial charge in [-0.1, -0.05) is 18.2 Å². The molecule has 5 aliphatic heterocycles. The van der Waals surface area contributed by atoms with E-state index in [4.69, 9.17) is 9.47 Å². The Morgan fingerprint density at radius 1 is 1.30 bits per heavy atom. The van der Waals surface area contributed by atoms with Crippen molar-refractivity contribution in [1.82, 2.24) is 4.90 Å². The van der Waals surface area contributed by atoms with Crippen molar-refractivity contribution in [2.45, 2.75) is 60.3 Å². The standard InChI is InChI=1S/C22H22N2O6/c1-29-18(27)24-11-5-3-2-4-10(11)21-13-14(26)22(28)17-19(7-8-20(21,22)24)12(25)6-9-23(16(19)21)15(13)30-17/h2-5,12-13,15-17,25,28H,6-9H2,1H3/t12-,13-,15-,16-,17-,19+,20-,21-,22+/m0/s1. The van der Waals surface area contributed by atoms with Crippen LogP contribution in [-0.4, -0.2) is 76.3 Å². The minimum Gasteiger partial charge on any atom is -0.452 e. The van der Waals surface area contributed by atoms with Crippen LogP contribution in [0.5, 0.6) is 0 Å². The van der Waals surface area contributed by atoms with Gasteiger partial charge in [0.2, 0.25) is 0 Å². The number of carbonyl (C=O) groups is 2. The Balaban J connectivity index is 1.58. The number of ether oxygens (including phenoxy) is 2. The van der Waals surface area contributed by atoms with Crippen molar-refractivity contribution in [2.24, 2.45) is 11.3 Å². The van der Waals surface area contributed by atoms with Crippen molar-refractivity contribution in [1.29, 1.82) is 0 Å². The molecule has 30 heavy (non-hydrogen) atoms. The average Bonchev–Trinajstić information content (AvgIpc) is 3.21. The van der Waals surface area contributed by atoms with Gasteiger partial charge in [-0.2, -0.15) is 0 Å². The topological polar surface area (TPSA) is 99.5 Å². The Kier molecular flexibility index (Phi) is 2.40. The number of methoxy groups -OCH3 is 1. The second kappa shape index (κ2) is 4.32. The summed E-state index contributed by atoms with van der Waals surface area (Å²) in [6.07, 6.45) is -0.819. The van der Waals surface area contributed by atoms with Gasteiger partial charge in [0, 0.05) is 18.0 Å². The molecule has 4 aliphatic carbocycles. The summed E-state index contributed by atoms with van der Waals surface area (Å²) in [5, 5.41) is 23.6. The van der Waals surface area contributed by atoms with Gasteiger partial charge in [-0.25, -0.2) is 4.79 Å². The number of piperidine rings is 1. The van der Waals surface area contributed by atoms with Crippen LogP contribution >= 0.6 is 0 Å². The second-order valence-corrected chi connectivity index (χ2v) is 10.1. The summed E-state index contributed by atoms with van der Waals surface area (Å²) in [7, 11) is 1.33. The number of hydrogen-bond acceptors (Lipinski definition) is 7. The molecule has 10 rings (SSSR count). The summed E-state index contributed by atoms with van der Waals surface area (Å²) in [4.78, 5) is 31.0. The fourth-order valence-corrected chi connectivity index (χ4v) is 9.66. The molecule has 1 amide bonds. The number of ketones is 1. The van der Waals surface area contributed by atoms with E-state index >= 15 is 0 Å². The lowest BCUT2D eigenvalue weighted by Gasteiger charge is -2.74. The van der Waals surface area contributed by atoms with Crippen LogP contribution in [0.25, 0.3) is 0 Å². The molecule has 1 unspecified atom stereocenters. The molecule has 8 nitrogen and oxygen atoms in total. The van der Waals surface area contributed by atoms with Crippen LogP contribution in [0.4, 0.5) is 10.5 Å². The van der Waals surface area contributed by atoms with E-state index in [0.717, 1.165) is 5.56 Å². The van der Waals surface area contributed by atoms with Crippen molar-refractivity contribution < 1.29 is 29.3 Å². The zero-order chi connectivity index (χ0) is 20.4. The first-order valence-electron chi connectivity index (χ1n) is 10.8. The summed E-state index contributed by atoms with van der Waals surface area (Å²) in [6.45, 7) is 0.644. The van der Waals surface area contributed by atoms with E-state index in [-0.39, 0.29) is 11.8 Å². The summed E-state index contributed by atoms with van der Waals surface area (Å²) in [5.41, 5.74) is -2.92. The average molecular weight is 410 g/mol. The number of aliphatic hydroxyl groups is 2. The molecule has 0 aromatic heterocycles. The molecule has 10 atom stereocenters. The zero-order valence-electron chi connectivity index (χ0n) is 16.4. The largest absolute Gasteiger partial charge is 0.452 e. The SMILES string of the molecule is COC(=O)N1c2ccccc2[C@@]23[C@H]4C(=O)[C@@]5(O)[C@H]6O[C@@H]4N4CC[C@H](O)[C@]6(CC[C@]125)[C@H]43. The smallest absolute Gasteiger partial charge is 0.414 e. The molecule has 9 aliphatic rings. The van der Waals surface area contributed by atoms with Gasteiger partial charge in [0.05, 0.1) is 30.2 Å². The van der Waals surface area contributed by atoms with Gasteiger partial charge in [0.1, 0.15) is 17.9 Å². The van der Waals surface area contributed by atoms with Crippen LogP contribution in [0.15, 0.2) is 24.3 Å². The maximum Gasteiger partial charge on any atom is 0.414 e. The van der Waals surface area contributed by atoms with Gasteiger partial charge in [0.25, 0.3) is 0 Å². The van der Waals surface area contributed by atoms with Gasteiger partial charge in [-0.05, 0) is 30.9 Å². The van der Waals surface area contributed by atoms with Gasteiger partial charge in [-0.3, -0.25) is 14.6 Å². The van der Waals surface area contributed by atoms with Crippen molar-refractivity contribution >= 4 is 17.6 Å². The third-order valence-electron chi connectivity index (χ3n) is 10.0. The molecule has 1 aromatic rings. The fourth-order valence-electron chi connectivity index (χ4n) is 9.66. The van der Waals surface area contributed by atoms with Crippen LogP contribution in [0.1, 0.15) is 24.8 Å². The minimum absolute atomic E-state index is 0.154. The predicted octanol–water partition coefficient (Wildman–Crippen LogP) is 0.147. The highest BCUT2D eigenvalue weighted by atomic mass is 16.6. The lowest BCUT2D eigenvalue weighted by Crippen LogP contribution is -2.91. The molecule has 1 aromatic carbocycles. The molecule has 8 fully saturated rings. The van der Waals surface area contributed by atoms with Crippen molar-refractivity contribution in [3.8, 4) is 0 Å². The second-order valence-electron chi connectivity index (χ2n) is 10.1. The first-order valence-corrected chi connectivity index (χ1v) is 10.8. The highest BCUT2D eigenvalue weighted by Gasteiger charge is 3.01. The highest BCUT2D eigenvalue weighted by Crippen LogP contribution is 2.85. The molecular formula is C22H22N2O6. The molecule has 9 bridgehead atoms. The number of Topliss-reactive ketones (excluding diaryl/α,β-unsaturated/α-hetero) is 1. The molecule has 4 saturated heterocycles. The molecule has 2 N–H and O–H groups in total. The number of nitrogens with zero attached hydrogens (tertiary/aromatic N) is 2. The van der Waals surface area contributed by atoms with Crippen molar-refractivity contribution in [3.63, 3.8) is 0 Å². The number of fused-ring (bicyclic) bond motifs is 2. The van der Waals surface area contributed by atoms with E-state index in [1.807, 2.05) is 24.3 Å². The molecule has 4 saturated carbocycles. The normalized spacial score (nSPS) is 57.2. The van der Waals surface area contributed by atoms with Gasteiger partial charge in [0.15, 0.2) is 11.4 Å². The monoisotopic (exact) mass is 410 g/mol. The fraction of sp³-hybridized carbons (Fsp3) is 0.636. The summed E-state index contributed by atoms with van der Waals surface area (Å²) < 4.78 is 11.7. The number of aliphatic hydroxyl groups excluding tert-OH is 1. The maximum absolute atomic E-state index is 14.0. The number of rotatable bonds is 0. The van der Waals surface area contributed by atoms with Crippen LogP contribution in [0.2, 0.25) is 0 Å². The van der Waals surface area contributed by atoms with E-state index in [0.29, 0.717) is 31.5 Å². The van der Waals surface area contributed by atoms with E-state index < -0.39 is 52.4 Å². The summed E-state index contributed by atoms with van der Waals surface area (Å²) in [6, 6.07) is 7.52. The minimum atomic E-state index is -1.86. The van der Waals surface area contributed by atoms with E-state index in [2.05, 4.69) is 4.90 Å². The molecule has 0 radical (unpaired) electrons. The number of para-hydroxylation sites is 1. The third-order valence-corrected chi connectivity index (χ3v) is 10.0. The quantitative estimate of drug-likeness (QED) is 0.628. The number of carbonyl (C=O) groups excluding carboxylic acids is 2. The molecule has 5 heterocycles. The summed E-state index contributed by atoms with van der Waals surface area (Å²) >= 11 is 0. The Bertz CT molecular complexity index is 1090. The lowest BCUT2D eigenvalue weighted by atomic mass is 9.38. The number of anilines is 1. The third kappa shape index (κ3) is 1.07. The Morgan fingerprint density at radius 2 is 2.10 bits per heavy atom. The zero-order valence-corrected chi connectivity index (χ0v) is 16.4. The Morgan fingerprint density at radius 3 is 2.90 bits per heavy atom. The van der Waals surface area contributed by atoms with E-state index in [1.54, 1.807) is 4.90 Å². The maximum atomic E-state index is 14.0. The first-order chi connectivity index (χ1) is 14.4. The van der Waals surface area contributed by atoms with Gasteiger partial charge in [-0.15, -0.1) is 0 Å². The highest BCUT2D eigenvalue weighted by molar-refractivity contribution is 6.08. The van der Waals surface area contributed by atoms with E-state index in [1.165, 1.54) is 7.11 Å². The molecule has 156 valence electrons. The summed E-state index contributed by atoms with van der Waals surface area (Å²) in [5.74, 6) is -0.789. The van der Waals surface area contributed by atoms with E-state index in [9.17, 15) is 19.8 Å².